The van der Waals surface area contributed by atoms with Gasteiger partial charge in [-0.1, -0.05) is 6.07 Å². The fourth-order valence-corrected chi connectivity index (χ4v) is 2.02. The van der Waals surface area contributed by atoms with E-state index in [1.165, 1.54) is 14.2 Å². The highest BCUT2D eigenvalue weighted by molar-refractivity contribution is 5.89. The van der Waals surface area contributed by atoms with Gasteiger partial charge in [-0.05, 0) is 23.8 Å². The van der Waals surface area contributed by atoms with Gasteiger partial charge in [-0.15, -0.1) is 0 Å². The van der Waals surface area contributed by atoms with Crippen molar-refractivity contribution in [1.82, 2.24) is 0 Å². The molecule has 0 aliphatic rings. The van der Waals surface area contributed by atoms with Crippen LogP contribution in [-0.2, 0) is 0 Å². The minimum atomic E-state index is 0.331. The van der Waals surface area contributed by atoms with E-state index in [2.05, 4.69) is 0 Å². The highest BCUT2D eigenvalue weighted by atomic mass is 16.5. The van der Waals surface area contributed by atoms with Crippen molar-refractivity contribution in [3.05, 3.63) is 24.3 Å². The van der Waals surface area contributed by atoms with Crippen molar-refractivity contribution in [2.75, 3.05) is 37.2 Å². The van der Waals surface area contributed by atoms with Crippen LogP contribution in [0.1, 0.15) is 0 Å². The standard InChI is InChI=1S/C14H18N4O2/c1-19-11-6-8(14(20-2)13(18)12(11)17)7-3-4-9(15)10(16)5-7/h3-6H,15-18H2,1-2H3. The third-order valence-electron chi connectivity index (χ3n) is 3.14. The van der Waals surface area contributed by atoms with Crippen LogP contribution in [0.5, 0.6) is 11.5 Å². The molecule has 0 saturated carbocycles. The molecule has 0 bridgehead atoms. The molecule has 0 aliphatic carbocycles. The topological polar surface area (TPSA) is 123 Å². The van der Waals surface area contributed by atoms with Gasteiger partial charge < -0.3 is 32.4 Å². The number of anilines is 4. The first-order valence-electron chi connectivity index (χ1n) is 5.94. The number of hydrogen-bond donors (Lipinski definition) is 4. The van der Waals surface area contributed by atoms with E-state index < -0.39 is 0 Å². The third-order valence-corrected chi connectivity index (χ3v) is 3.14. The monoisotopic (exact) mass is 274 g/mol. The average molecular weight is 274 g/mol. The number of nitrogens with two attached hydrogens (primary N) is 4. The summed E-state index contributed by atoms with van der Waals surface area (Å²) >= 11 is 0. The number of ether oxygens (including phenoxy) is 2. The molecule has 0 unspecified atom stereocenters. The average Bonchev–Trinajstić information content (AvgIpc) is 2.44. The van der Waals surface area contributed by atoms with E-state index in [4.69, 9.17) is 32.4 Å². The Balaban J connectivity index is 2.71. The lowest BCUT2D eigenvalue weighted by atomic mass is 10.0. The molecule has 0 heterocycles. The van der Waals surface area contributed by atoms with E-state index in [0.717, 1.165) is 11.1 Å². The number of rotatable bonds is 3. The molecular formula is C14H18N4O2. The van der Waals surface area contributed by atoms with Gasteiger partial charge in [-0.3, -0.25) is 0 Å². The fraction of sp³-hybridized carbons (Fsp3) is 0.143. The normalized spacial score (nSPS) is 10.3. The fourth-order valence-electron chi connectivity index (χ4n) is 2.02. The van der Waals surface area contributed by atoms with E-state index >= 15 is 0 Å². The van der Waals surface area contributed by atoms with Crippen LogP contribution >= 0.6 is 0 Å². The minimum absolute atomic E-state index is 0.331. The largest absolute Gasteiger partial charge is 0.494 e. The zero-order valence-electron chi connectivity index (χ0n) is 11.4. The molecule has 8 N–H and O–H groups in total. The Morgan fingerprint density at radius 2 is 1.50 bits per heavy atom. The molecule has 0 atom stereocenters. The summed E-state index contributed by atoms with van der Waals surface area (Å²) in [6.45, 7) is 0. The van der Waals surface area contributed by atoms with Crippen LogP contribution in [0.15, 0.2) is 24.3 Å². The summed E-state index contributed by atoms with van der Waals surface area (Å²) in [6.07, 6.45) is 0. The van der Waals surface area contributed by atoms with Gasteiger partial charge in [0.1, 0.15) is 17.1 Å². The summed E-state index contributed by atoms with van der Waals surface area (Å²) in [4.78, 5) is 0. The lowest BCUT2D eigenvalue weighted by molar-refractivity contribution is 0.408. The Labute approximate surface area is 117 Å². The van der Waals surface area contributed by atoms with Gasteiger partial charge in [0.15, 0.2) is 5.75 Å². The molecule has 0 aromatic heterocycles. The Morgan fingerprint density at radius 3 is 2.05 bits per heavy atom. The zero-order chi connectivity index (χ0) is 14.9. The second kappa shape index (κ2) is 5.08. The van der Waals surface area contributed by atoms with E-state index in [-0.39, 0.29) is 0 Å². The summed E-state index contributed by atoms with van der Waals surface area (Å²) in [6, 6.07) is 7.07. The first-order valence-corrected chi connectivity index (χ1v) is 5.94. The maximum atomic E-state index is 5.99. The zero-order valence-corrected chi connectivity index (χ0v) is 11.4. The smallest absolute Gasteiger partial charge is 0.151 e. The molecule has 2 aromatic rings. The highest BCUT2D eigenvalue weighted by Gasteiger charge is 2.17. The first-order chi connectivity index (χ1) is 9.49. The molecule has 0 amide bonds. The van der Waals surface area contributed by atoms with Gasteiger partial charge in [0.2, 0.25) is 0 Å². The van der Waals surface area contributed by atoms with Crippen molar-refractivity contribution in [1.29, 1.82) is 0 Å². The van der Waals surface area contributed by atoms with E-state index in [1.54, 1.807) is 18.2 Å². The predicted octanol–water partition coefficient (Wildman–Crippen LogP) is 1.70. The Hall–Kier alpha value is -2.76. The summed E-state index contributed by atoms with van der Waals surface area (Å²) in [5.74, 6) is 0.959. The summed E-state index contributed by atoms with van der Waals surface area (Å²) < 4.78 is 10.6. The van der Waals surface area contributed by atoms with Crippen LogP contribution in [0.2, 0.25) is 0 Å². The summed E-state index contributed by atoms with van der Waals surface area (Å²) in [5, 5.41) is 0. The number of hydrogen-bond acceptors (Lipinski definition) is 6. The van der Waals surface area contributed by atoms with Crippen molar-refractivity contribution >= 4 is 22.7 Å². The third kappa shape index (κ3) is 2.11. The molecule has 106 valence electrons. The van der Waals surface area contributed by atoms with Crippen molar-refractivity contribution in [3.8, 4) is 22.6 Å². The molecule has 0 fully saturated rings. The number of methoxy groups -OCH3 is 2. The van der Waals surface area contributed by atoms with Gasteiger partial charge in [-0.2, -0.15) is 0 Å². The van der Waals surface area contributed by atoms with Crippen LogP contribution in [0, 0.1) is 0 Å². The van der Waals surface area contributed by atoms with Crippen molar-refractivity contribution in [3.63, 3.8) is 0 Å². The predicted molar refractivity (Wildman–Crippen MR) is 82.6 cm³/mol. The molecule has 2 rings (SSSR count). The molecule has 6 nitrogen and oxygen atoms in total. The number of nitrogen functional groups attached to an aromatic ring is 4. The Morgan fingerprint density at radius 1 is 0.800 bits per heavy atom. The Bertz CT molecular complexity index is 656. The minimum Gasteiger partial charge on any atom is -0.494 e. The molecular weight excluding hydrogens is 256 g/mol. The van der Waals surface area contributed by atoms with E-state index in [1.807, 2.05) is 6.07 Å². The van der Waals surface area contributed by atoms with Gasteiger partial charge in [-0.25, -0.2) is 0 Å². The molecule has 2 aromatic carbocycles. The van der Waals surface area contributed by atoms with Crippen LogP contribution < -0.4 is 32.4 Å². The lowest BCUT2D eigenvalue weighted by Gasteiger charge is -2.16. The maximum absolute atomic E-state index is 5.99. The molecule has 0 aliphatic heterocycles. The quantitative estimate of drug-likeness (QED) is 0.632. The highest BCUT2D eigenvalue weighted by Crippen LogP contribution is 2.44. The molecule has 0 spiro atoms. The van der Waals surface area contributed by atoms with Crippen LogP contribution in [0.3, 0.4) is 0 Å². The van der Waals surface area contributed by atoms with E-state index in [9.17, 15) is 0 Å². The summed E-state index contributed by atoms with van der Waals surface area (Å²) in [5.41, 5.74) is 26.7. The molecule has 0 saturated heterocycles. The number of benzene rings is 2. The van der Waals surface area contributed by atoms with Gasteiger partial charge in [0.25, 0.3) is 0 Å². The van der Waals surface area contributed by atoms with Crippen LogP contribution in [0.25, 0.3) is 11.1 Å². The van der Waals surface area contributed by atoms with Crippen molar-refractivity contribution < 1.29 is 9.47 Å². The summed E-state index contributed by atoms with van der Waals surface area (Å²) in [7, 11) is 3.06. The second-order valence-electron chi connectivity index (χ2n) is 4.33. The van der Waals surface area contributed by atoms with Gasteiger partial charge >= 0.3 is 0 Å². The maximum Gasteiger partial charge on any atom is 0.151 e. The molecule has 0 radical (unpaired) electrons. The SMILES string of the molecule is COc1cc(-c2ccc(N)c(N)c2)c(OC)c(N)c1N. The van der Waals surface area contributed by atoms with Gasteiger partial charge in [0, 0.05) is 5.56 Å². The molecule has 6 heteroatoms. The Kier molecular flexibility index (Phi) is 3.47. The van der Waals surface area contributed by atoms with Crippen molar-refractivity contribution in [2.24, 2.45) is 0 Å². The van der Waals surface area contributed by atoms with Crippen LogP contribution in [0.4, 0.5) is 22.7 Å². The van der Waals surface area contributed by atoms with E-state index in [0.29, 0.717) is 34.2 Å². The lowest BCUT2D eigenvalue weighted by Crippen LogP contribution is -2.03. The molecule has 20 heavy (non-hydrogen) atoms. The second-order valence-corrected chi connectivity index (χ2v) is 4.33. The van der Waals surface area contributed by atoms with Crippen molar-refractivity contribution in [2.45, 2.75) is 0 Å². The van der Waals surface area contributed by atoms with Gasteiger partial charge in [0.05, 0.1) is 25.6 Å². The first kappa shape index (κ1) is 13.7. The van der Waals surface area contributed by atoms with Crippen LogP contribution in [-0.4, -0.2) is 14.2 Å².